The van der Waals surface area contributed by atoms with Crippen molar-refractivity contribution in [2.75, 3.05) is 18.5 Å². The molecule has 0 aromatic heterocycles. The fraction of sp³-hybridized carbons (Fsp3) is 0.483. The lowest BCUT2D eigenvalue weighted by molar-refractivity contribution is -0.129. The standard InChI is InChI=1S/C29H38FN5O2/c1-20-11-6-7-16-24(20)26(27(36)33-22-13-4-3-5-14-22)35(23-15-10-12-21(30)19-23)28(37)25-17-8-9-18-34(25)29(31)32-2/h6-7,10-12,15-16,19,22,25-26H,3-5,8-9,13-14,17-18H2,1-2H3,(H2,31,32)(H,33,36)/t25-,26+/m1/s1. The fourth-order valence-corrected chi connectivity index (χ4v) is 5.60. The van der Waals surface area contributed by atoms with Crippen LogP contribution in [-0.2, 0) is 9.59 Å². The Balaban J connectivity index is 1.82. The molecule has 3 N–H and O–H groups in total. The molecule has 2 aromatic rings. The Morgan fingerprint density at radius 3 is 2.49 bits per heavy atom. The van der Waals surface area contributed by atoms with Gasteiger partial charge in [0.05, 0.1) is 0 Å². The third kappa shape index (κ3) is 6.12. The van der Waals surface area contributed by atoms with Gasteiger partial charge in [0.1, 0.15) is 17.9 Å². The normalized spacial score (nSPS) is 19.8. The molecule has 8 heteroatoms. The van der Waals surface area contributed by atoms with Crippen LogP contribution in [0.4, 0.5) is 10.1 Å². The number of carbonyl (C=O) groups is 2. The van der Waals surface area contributed by atoms with E-state index in [-0.39, 0.29) is 23.8 Å². The van der Waals surface area contributed by atoms with Gasteiger partial charge in [0.15, 0.2) is 5.96 Å². The number of aliphatic imine (C=N–C) groups is 1. The van der Waals surface area contributed by atoms with E-state index in [0.29, 0.717) is 24.2 Å². The van der Waals surface area contributed by atoms with Gasteiger partial charge < -0.3 is 16.0 Å². The number of hydrogen-bond donors (Lipinski definition) is 2. The molecule has 2 atom stereocenters. The quantitative estimate of drug-likeness (QED) is 0.446. The predicted octanol–water partition coefficient (Wildman–Crippen LogP) is 4.46. The van der Waals surface area contributed by atoms with Crippen LogP contribution in [0.5, 0.6) is 0 Å². The maximum absolute atomic E-state index is 14.5. The molecule has 0 radical (unpaired) electrons. The molecular weight excluding hydrogens is 469 g/mol. The monoisotopic (exact) mass is 507 g/mol. The first-order valence-electron chi connectivity index (χ1n) is 13.3. The van der Waals surface area contributed by atoms with E-state index in [9.17, 15) is 14.0 Å². The summed E-state index contributed by atoms with van der Waals surface area (Å²) in [4.78, 5) is 35.9. The highest BCUT2D eigenvalue weighted by Crippen LogP contribution is 2.33. The minimum atomic E-state index is -0.957. The van der Waals surface area contributed by atoms with E-state index in [1.807, 2.05) is 36.1 Å². The van der Waals surface area contributed by atoms with Crippen LogP contribution < -0.4 is 16.0 Å². The third-order valence-electron chi connectivity index (χ3n) is 7.58. The first-order chi connectivity index (χ1) is 17.9. The summed E-state index contributed by atoms with van der Waals surface area (Å²) in [5.41, 5.74) is 8.14. The molecule has 0 bridgehead atoms. The zero-order chi connectivity index (χ0) is 26.4. The number of carbonyl (C=O) groups excluding carboxylic acids is 2. The highest BCUT2D eigenvalue weighted by atomic mass is 19.1. The van der Waals surface area contributed by atoms with Crippen LogP contribution in [0, 0.1) is 12.7 Å². The second kappa shape index (κ2) is 12.2. The number of halogens is 1. The van der Waals surface area contributed by atoms with Crippen molar-refractivity contribution in [1.82, 2.24) is 10.2 Å². The molecule has 4 rings (SSSR count). The number of piperidine rings is 1. The van der Waals surface area contributed by atoms with Gasteiger partial charge in [0.25, 0.3) is 5.91 Å². The number of benzene rings is 2. The van der Waals surface area contributed by atoms with Crippen LogP contribution in [0.1, 0.15) is 68.5 Å². The molecule has 37 heavy (non-hydrogen) atoms. The van der Waals surface area contributed by atoms with Crippen LogP contribution in [0.3, 0.4) is 0 Å². The maximum atomic E-state index is 14.5. The Labute approximate surface area is 218 Å². The lowest BCUT2D eigenvalue weighted by atomic mass is 9.93. The van der Waals surface area contributed by atoms with Crippen molar-refractivity contribution < 1.29 is 14.0 Å². The van der Waals surface area contributed by atoms with Crippen molar-refractivity contribution in [2.45, 2.75) is 76.4 Å². The molecule has 7 nitrogen and oxygen atoms in total. The lowest BCUT2D eigenvalue weighted by Gasteiger charge is -2.41. The Kier molecular flexibility index (Phi) is 8.79. The summed E-state index contributed by atoms with van der Waals surface area (Å²) < 4.78 is 14.5. The predicted molar refractivity (Wildman–Crippen MR) is 145 cm³/mol. The van der Waals surface area contributed by atoms with Gasteiger partial charge in [-0.25, -0.2) is 4.39 Å². The summed E-state index contributed by atoms with van der Waals surface area (Å²) in [6, 6.07) is 12.0. The van der Waals surface area contributed by atoms with Gasteiger partial charge in [0, 0.05) is 25.3 Å². The highest BCUT2D eigenvalue weighted by molar-refractivity contribution is 6.05. The van der Waals surface area contributed by atoms with Crippen molar-refractivity contribution in [3.8, 4) is 0 Å². The van der Waals surface area contributed by atoms with Gasteiger partial charge in [0.2, 0.25) is 5.91 Å². The number of amides is 2. The van der Waals surface area contributed by atoms with Crippen LogP contribution >= 0.6 is 0 Å². The summed E-state index contributed by atoms with van der Waals surface area (Å²) in [5, 5.41) is 3.22. The fourth-order valence-electron chi connectivity index (χ4n) is 5.60. The zero-order valence-electron chi connectivity index (χ0n) is 21.8. The van der Waals surface area contributed by atoms with Crippen molar-refractivity contribution in [3.63, 3.8) is 0 Å². The zero-order valence-corrected chi connectivity index (χ0v) is 21.8. The molecule has 1 heterocycles. The summed E-state index contributed by atoms with van der Waals surface area (Å²) >= 11 is 0. The molecule has 1 aliphatic carbocycles. The van der Waals surface area contributed by atoms with Crippen LogP contribution in [0.25, 0.3) is 0 Å². The molecular formula is C29H38FN5O2. The van der Waals surface area contributed by atoms with Gasteiger partial charge in [-0.2, -0.15) is 0 Å². The van der Waals surface area contributed by atoms with Crippen molar-refractivity contribution in [3.05, 3.63) is 65.5 Å². The summed E-state index contributed by atoms with van der Waals surface area (Å²) in [5.74, 6) is -0.722. The molecule has 1 saturated carbocycles. The van der Waals surface area contributed by atoms with Crippen molar-refractivity contribution in [2.24, 2.45) is 10.7 Å². The average Bonchev–Trinajstić information content (AvgIpc) is 2.92. The summed E-state index contributed by atoms with van der Waals surface area (Å²) in [6.45, 7) is 2.53. The number of aryl methyl sites for hydroxylation is 1. The first-order valence-corrected chi connectivity index (χ1v) is 13.3. The van der Waals surface area contributed by atoms with Gasteiger partial charge >= 0.3 is 0 Å². The van der Waals surface area contributed by atoms with Gasteiger partial charge in [-0.05, 0) is 68.4 Å². The van der Waals surface area contributed by atoms with E-state index in [2.05, 4.69) is 10.3 Å². The number of nitrogens with one attached hydrogen (secondary N) is 1. The number of rotatable bonds is 6. The Hall–Kier alpha value is -3.42. The lowest BCUT2D eigenvalue weighted by Crippen LogP contribution is -2.57. The number of hydrogen-bond acceptors (Lipinski definition) is 3. The topological polar surface area (TPSA) is 91.0 Å². The Morgan fingerprint density at radius 2 is 1.78 bits per heavy atom. The van der Waals surface area contributed by atoms with E-state index in [4.69, 9.17) is 5.73 Å². The summed E-state index contributed by atoms with van der Waals surface area (Å²) in [7, 11) is 1.60. The number of anilines is 1. The maximum Gasteiger partial charge on any atom is 0.250 e. The van der Waals surface area contributed by atoms with E-state index < -0.39 is 17.9 Å². The van der Waals surface area contributed by atoms with Gasteiger partial charge in [-0.15, -0.1) is 0 Å². The summed E-state index contributed by atoms with van der Waals surface area (Å²) in [6.07, 6.45) is 7.46. The molecule has 0 unspecified atom stereocenters. The van der Waals surface area contributed by atoms with E-state index in [0.717, 1.165) is 44.1 Å². The average molecular weight is 508 g/mol. The second-order valence-corrected chi connectivity index (χ2v) is 10.1. The van der Waals surface area contributed by atoms with Gasteiger partial charge in [-0.3, -0.25) is 19.5 Å². The molecule has 2 aliphatic rings. The smallest absolute Gasteiger partial charge is 0.250 e. The van der Waals surface area contributed by atoms with Crippen molar-refractivity contribution in [1.29, 1.82) is 0 Å². The molecule has 2 aromatic carbocycles. The second-order valence-electron chi connectivity index (χ2n) is 10.1. The van der Waals surface area contributed by atoms with E-state index >= 15 is 0 Å². The minimum absolute atomic E-state index is 0.0614. The Morgan fingerprint density at radius 1 is 1.05 bits per heavy atom. The number of likely N-dealkylation sites (tertiary alicyclic amines) is 1. The van der Waals surface area contributed by atoms with Crippen LogP contribution in [0.2, 0.25) is 0 Å². The molecule has 2 fully saturated rings. The van der Waals surface area contributed by atoms with E-state index in [1.165, 1.54) is 23.5 Å². The molecule has 1 aliphatic heterocycles. The van der Waals surface area contributed by atoms with Gasteiger partial charge in [-0.1, -0.05) is 49.6 Å². The molecule has 0 spiro atoms. The first kappa shape index (κ1) is 26.6. The minimum Gasteiger partial charge on any atom is -0.370 e. The SMILES string of the molecule is CN=C(N)N1CCCC[C@@H]1C(=O)N(c1cccc(F)c1)[C@H](C(=O)NC1CCCCC1)c1ccccc1C. The molecule has 2 amide bonds. The van der Waals surface area contributed by atoms with Crippen molar-refractivity contribution >= 4 is 23.5 Å². The third-order valence-corrected chi connectivity index (χ3v) is 7.58. The molecule has 1 saturated heterocycles. The molecule has 198 valence electrons. The van der Waals surface area contributed by atoms with Crippen LogP contribution in [-0.4, -0.2) is 48.3 Å². The van der Waals surface area contributed by atoms with E-state index in [1.54, 1.807) is 19.2 Å². The number of nitrogens with two attached hydrogens (primary N) is 1. The highest BCUT2D eigenvalue weighted by Gasteiger charge is 2.40. The number of nitrogens with zero attached hydrogens (tertiary/aromatic N) is 3. The number of guanidine groups is 1. The van der Waals surface area contributed by atoms with Crippen LogP contribution in [0.15, 0.2) is 53.5 Å². The largest absolute Gasteiger partial charge is 0.370 e. The Bertz CT molecular complexity index is 1130.